The number of aliphatic hydroxyl groups is 1. The van der Waals surface area contributed by atoms with Crippen LogP contribution in [0.25, 0.3) is 10.9 Å². The molecule has 4 nitrogen and oxygen atoms in total. The standard InChI is InChI=1S/C15H18N2O2/c1-10-5-7-17(9-14(10)18)15(19)12-3-2-11-4-6-16-13(11)8-12/h2-4,6,8,10,14,16,18H,5,7,9H2,1H3. The summed E-state index contributed by atoms with van der Waals surface area (Å²) >= 11 is 0. The zero-order valence-corrected chi connectivity index (χ0v) is 11.0. The minimum absolute atomic E-state index is 0.00227. The second-order valence-corrected chi connectivity index (χ2v) is 5.36. The van der Waals surface area contributed by atoms with Crippen molar-refractivity contribution in [1.29, 1.82) is 0 Å². The third-order valence-electron chi connectivity index (χ3n) is 4.01. The molecule has 1 saturated heterocycles. The number of aliphatic hydroxyl groups excluding tert-OH is 1. The molecule has 2 aromatic rings. The molecule has 100 valence electrons. The number of hydrogen-bond donors (Lipinski definition) is 2. The van der Waals surface area contributed by atoms with E-state index in [0.29, 0.717) is 12.1 Å². The topological polar surface area (TPSA) is 56.3 Å². The molecule has 1 aromatic heterocycles. The smallest absolute Gasteiger partial charge is 0.254 e. The summed E-state index contributed by atoms with van der Waals surface area (Å²) in [7, 11) is 0. The minimum atomic E-state index is -0.410. The summed E-state index contributed by atoms with van der Waals surface area (Å²) in [6, 6.07) is 7.66. The number of carbonyl (C=O) groups excluding carboxylic acids is 1. The van der Waals surface area contributed by atoms with Gasteiger partial charge in [0.05, 0.1) is 6.10 Å². The first-order valence-electron chi connectivity index (χ1n) is 6.69. The van der Waals surface area contributed by atoms with E-state index in [2.05, 4.69) is 4.98 Å². The van der Waals surface area contributed by atoms with Gasteiger partial charge in [0, 0.05) is 30.4 Å². The molecule has 2 N–H and O–H groups in total. The molecule has 0 spiro atoms. The van der Waals surface area contributed by atoms with E-state index in [4.69, 9.17) is 0 Å². The number of aromatic nitrogens is 1. The van der Waals surface area contributed by atoms with Crippen LogP contribution in [0.1, 0.15) is 23.7 Å². The Kier molecular flexibility index (Phi) is 3.03. The van der Waals surface area contributed by atoms with Crippen LogP contribution in [0.15, 0.2) is 30.5 Å². The Morgan fingerprint density at radius 1 is 1.42 bits per heavy atom. The first-order chi connectivity index (χ1) is 9.15. The average molecular weight is 258 g/mol. The lowest BCUT2D eigenvalue weighted by molar-refractivity contribution is 0.0249. The van der Waals surface area contributed by atoms with Gasteiger partial charge in [0.2, 0.25) is 0 Å². The lowest BCUT2D eigenvalue weighted by Crippen LogP contribution is -2.45. The van der Waals surface area contributed by atoms with Crippen molar-refractivity contribution in [3.05, 3.63) is 36.0 Å². The molecule has 2 atom stereocenters. The molecule has 0 saturated carbocycles. The van der Waals surface area contributed by atoms with Crippen LogP contribution in [0.5, 0.6) is 0 Å². The van der Waals surface area contributed by atoms with Gasteiger partial charge in [-0.1, -0.05) is 13.0 Å². The predicted molar refractivity (Wildman–Crippen MR) is 74.0 cm³/mol. The maximum atomic E-state index is 12.4. The number of carbonyl (C=O) groups is 1. The van der Waals surface area contributed by atoms with Gasteiger partial charge in [-0.15, -0.1) is 0 Å². The van der Waals surface area contributed by atoms with E-state index in [-0.39, 0.29) is 11.8 Å². The van der Waals surface area contributed by atoms with Crippen LogP contribution in [-0.2, 0) is 0 Å². The van der Waals surface area contributed by atoms with Crippen LogP contribution in [0, 0.1) is 5.92 Å². The largest absolute Gasteiger partial charge is 0.391 e. The molecule has 1 aliphatic heterocycles. The minimum Gasteiger partial charge on any atom is -0.391 e. The Balaban J connectivity index is 1.83. The first-order valence-corrected chi connectivity index (χ1v) is 6.69. The zero-order chi connectivity index (χ0) is 13.4. The van der Waals surface area contributed by atoms with Gasteiger partial charge in [-0.2, -0.15) is 0 Å². The summed E-state index contributed by atoms with van der Waals surface area (Å²) in [6.45, 7) is 3.18. The van der Waals surface area contributed by atoms with Crippen molar-refractivity contribution in [3.8, 4) is 0 Å². The fourth-order valence-corrected chi connectivity index (χ4v) is 2.60. The van der Waals surface area contributed by atoms with E-state index in [1.807, 2.05) is 37.4 Å². The molecule has 1 amide bonds. The van der Waals surface area contributed by atoms with Gasteiger partial charge in [0.1, 0.15) is 0 Å². The third-order valence-corrected chi connectivity index (χ3v) is 4.01. The third kappa shape index (κ3) is 2.24. The molecule has 0 aliphatic carbocycles. The molecule has 1 aliphatic rings. The highest BCUT2D eigenvalue weighted by atomic mass is 16.3. The summed E-state index contributed by atoms with van der Waals surface area (Å²) in [4.78, 5) is 17.3. The number of piperidine rings is 1. The van der Waals surface area contributed by atoms with Crippen LogP contribution in [0.4, 0.5) is 0 Å². The second kappa shape index (κ2) is 4.70. The van der Waals surface area contributed by atoms with Crippen LogP contribution < -0.4 is 0 Å². The SMILES string of the molecule is CC1CCN(C(=O)c2ccc3cc[nH]c3c2)CC1O. The zero-order valence-electron chi connectivity index (χ0n) is 11.0. The van der Waals surface area contributed by atoms with E-state index in [9.17, 15) is 9.90 Å². The fourth-order valence-electron chi connectivity index (χ4n) is 2.60. The van der Waals surface area contributed by atoms with Crippen molar-refractivity contribution in [3.63, 3.8) is 0 Å². The van der Waals surface area contributed by atoms with E-state index in [0.717, 1.165) is 23.9 Å². The van der Waals surface area contributed by atoms with Gasteiger partial charge < -0.3 is 15.0 Å². The lowest BCUT2D eigenvalue weighted by atomic mass is 9.95. The molecule has 4 heteroatoms. The Morgan fingerprint density at radius 3 is 3.05 bits per heavy atom. The summed E-state index contributed by atoms with van der Waals surface area (Å²) in [5.74, 6) is 0.275. The number of fused-ring (bicyclic) bond motifs is 1. The summed E-state index contributed by atoms with van der Waals surface area (Å²) in [5.41, 5.74) is 1.65. The molecule has 19 heavy (non-hydrogen) atoms. The second-order valence-electron chi connectivity index (χ2n) is 5.36. The van der Waals surface area contributed by atoms with Gasteiger partial charge in [0.15, 0.2) is 0 Å². The molecule has 0 radical (unpaired) electrons. The molecule has 1 aromatic carbocycles. The monoisotopic (exact) mass is 258 g/mol. The number of likely N-dealkylation sites (tertiary alicyclic amines) is 1. The van der Waals surface area contributed by atoms with Crippen molar-refractivity contribution in [2.45, 2.75) is 19.4 Å². The number of H-pyrrole nitrogens is 1. The van der Waals surface area contributed by atoms with Crippen LogP contribution in [0.2, 0.25) is 0 Å². The lowest BCUT2D eigenvalue weighted by Gasteiger charge is -2.34. The highest BCUT2D eigenvalue weighted by molar-refractivity contribution is 5.98. The van der Waals surface area contributed by atoms with Gasteiger partial charge in [-0.05, 0) is 35.9 Å². The quantitative estimate of drug-likeness (QED) is 0.822. The summed E-state index contributed by atoms with van der Waals surface area (Å²) in [6.07, 6.45) is 2.31. The normalized spacial score (nSPS) is 23.8. The van der Waals surface area contributed by atoms with Gasteiger partial charge >= 0.3 is 0 Å². The molecule has 2 unspecified atom stereocenters. The Morgan fingerprint density at radius 2 is 2.26 bits per heavy atom. The molecular formula is C15H18N2O2. The van der Waals surface area contributed by atoms with E-state index < -0.39 is 6.10 Å². The van der Waals surface area contributed by atoms with E-state index >= 15 is 0 Å². The van der Waals surface area contributed by atoms with Crippen LogP contribution >= 0.6 is 0 Å². The molecule has 3 rings (SSSR count). The number of nitrogens with zero attached hydrogens (tertiary/aromatic N) is 1. The van der Waals surface area contributed by atoms with E-state index in [1.165, 1.54) is 0 Å². The van der Waals surface area contributed by atoms with Crippen molar-refractivity contribution < 1.29 is 9.90 Å². The van der Waals surface area contributed by atoms with Crippen molar-refractivity contribution >= 4 is 16.8 Å². The number of benzene rings is 1. The maximum absolute atomic E-state index is 12.4. The maximum Gasteiger partial charge on any atom is 0.254 e. The Hall–Kier alpha value is -1.81. The van der Waals surface area contributed by atoms with Crippen LogP contribution in [-0.4, -0.2) is 40.1 Å². The first kappa shape index (κ1) is 12.2. The van der Waals surface area contributed by atoms with Crippen molar-refractivity contribution in [2.24, 2.45) is 5.92 Å². The number of aromatic amines is 1. The van der Waals surface area contributed by atoms with Gasteiger partial charge in [0.25, 0.3) is 5.91 Å². The van der Waals surface area contributed by atoms with Crippen molar-refractivity contribution in [2.75, 3.05) is 13.1 Å². The predicted octanol–water partition coefficient (Wildman–Crippen LogP) is 2.01. The molecule has 2 heterocycles. The number of amides is 1. The number of nitrogens with one attached hydrogen (secondary N) is 1. The fraction of sp³-hybridized carbons (Fsp3) is 0.400. The summed E-state index contributed by atoms with van der Waals surface area (Å²) in [5, 5.41) is 11.0. The van der Waals surface area contributed by atoms with Crippen molar-refractivity contribution in [1.82, 2.24) is 9.88 Å². The average Bonchev–Trinajstić information content (AvgIpc) is 2.88. The highest BCUT2D eigenvalue weighted by Crippen LogP contribution is 2.20. The number of β-amino-alcohol motifs (C(OH)–C–C–N with tert-alkyl or cyclic N) is 1. The Labute approximate surface area is 112 Å². The van der Waals surface area contributed by atoms with Crippen LogP contribution in [0.3, 0.4) is 0 Å². The van der Waals surface area contributed by atoms with E-state index in [1.54, 1.807) is 4.90 Å². The molecular weight excluding hydrogens is 240 g/mol. The van der Waals surface area contributed by atoms with Gasteiger partial charge in [-0.3, -0.25) is 4.79 Å². The molecule has 1 fully saturated rings. The number of hydrogen-bond acceptors (Lipinski definition) is 2. The van der Waals surface area contributed by atoms with Gasteiger partial charge in [-0.25, -0.2) is 0 Å². The molecule has 0 bridgehead atoms. The Bertz CT molecular complexity index is 605. The highest BCUT2D eigenvalue weighted by Gasteiger charge is 2.27. The number of rotatable bonds is 1. The summed E-state index contributed by atoms with van der Waals surface area (Å²) < 4.78 is 0.